The van der Waals surface area contributed by atoms with Crippen molar-refractivity contribution in [3.63, 3.8) is 0 Å². The molecule has 0 aliphatic heterocycles. The van der Waals surface area contributed by atoms with Gasteiger partial charge in [-0.1, -0.05) is 11.6 Å². The van der Waals surface area contributed by atoms with E-state index in [2.05, 4.69) is 11.1 Å². The zero-order chi connectivity index (χ0) is 15.0. The topological polar surface area (TPSA) is 57.3 Å². The van der Waals surface area contributed by atoms with E-state index in [4.69, 9.17) is 9.15 Å². The maximum Gasteiger partial charge on any atom is 0.325 e. The monoisotopic (exact) mass is 284 g/mol. The lowest BCUT2D eigenvalue weighted by atomic mass is 10.1. The van der Waals surface area contributed by atoms with Gasteiger partial charge in [-0.3, -0.25) is 4.79 Å². The lowest BCUT2D eigenvalue weighted by molar-refractivity contribution is -0.141. The molecule has 108 valence electrons. The standard InChI is InChI=1S/C16H16N2O3/c1-10-4-5-13-12(8-10)11(2)15(21-13)16-17-6-7-18(16)9-14(19)20-3/h4-8H,9H2,1-3H3. The van der Waals surface area contributed by atoms with Gasteiger partial charge in [0.05, 0.1) is 7.11 Å². The van der Waals surface area contributed by atoms with Crippen molar-refractivity contribution in [3.8, 4) is 11.6 Å². The van der Waals surface area contributed by atoms with Gasteiger partial charge in [0.1, 0.15) is 12.1 Å². The SMILES string of the molecule is COC(=O)Cn1ccnc1-c1oc2ccc(C)cc2c1C. The van der Waals surface area contributed by atoms with Gasteiger partial charge in [0.25, 0.3) is 0 Å². The second-order valence-corrected chi connectivity index (χ2v) is 5.01. The molecule has 5 nitrogen and oxygen atoms in total. The number of hydrogen-bond donors (Lipinski definition) is 0. The molecule has 3 rings (SSSR count). The highest BCUT2D eigenvalue weighted by atomic mass is 16.5. The molecule has 1 aromatic carbocycles. The fourth-order valence-corrected chi connectivity index (χ4v) is 2.40. The minimum atomic E-state index is -0.321. The summed E-state index contributed by atoms with van der Waals surface area (Å²) in [5.41, 5.74) is 3.02. The van der Waals surface area contributed by atoms with E-state index in [1.165, 1.54) is 12.7 Å². The normalized spacial score (nSPS) is 11.0. The summed E-state index contributed by atoms with van der Waals surface area (Å²) in [6.07, 6.45) is 3.39. The Morgan fingerprint density at radius 1 is 1.38 bits per heavy atom. The van der Waals surface area contributed by atoms with Crippen molar-refractivity contribution in [1.82, 2.24) is 9.55 Å². The molecule has 2 aromatic heterocycles. The van der Waals surface area contributed by atoms with E-state index in [0.717, 1.165) is 16.5 Å². The molecule has 0 fully saturated rings. The van der Waals surface area contributed by atoms with Crippen molar-refractivity contribution in [1.29, 1.82) is 0 Å². The van der Waals surface area contributed by atoms with E-state index in [-0.39, 0.29) is 12.5 Å². The van der Waals surface area contributed by atoms with Crippen LogP contribution in [0.1, 0.15) is 11.1 Å². The molecule has 0 aliphatic carbocycles. The minimum Gasteiger partial charge on any atom is -0.468 e. The number of carbonyl (C=O) groups is 1. The van der Waals surface area contributed by atoms with E-state index < -0.39 is 0 Å². The molecule has 2 heterocycles. The summed E-state index contributed by atoms with van der Waals surface area (Å²) >= 11 is 0. The Kier molecular flexibility index (Phi) is 3.25. The Balaban J connectivity index is 2.11. The van der Waals surface area contributed by atoms with Crippen LogP contribution < -0.4 is 0 Å². The molecule has 0 radical (unpaired) electrons. The van der Waals surface area contributed by atoms with Gasteiger partial charge in [-0.25, -0.2) is 4.98 Å². The Morgan fingerprint density at radius 3 is 2.95 bits per heavy atom. The zero-order valence-corrected chi connectivity index (χ0v) is 12.2. The highest BCUT2D eigenvalue weighted by Crippen LogP contribution is 2.32. The van der Waals surface area contributed by atoms with Crippen molar-refractivity contribution < 1.29 is 13.9 Å². The number of aromatic nitrogens is 2. The number of hydrogen-bond acceptors (Lipinski definition) is 4. The second kappa shape index (κ2) is 5.09. The van der Waals surface area contributed by atoms with Gasteiger partial charge in [-0.15, -0.1) is 0 Å². The molecular weight excluding hydrogens is 268 g/mol. The molecule has 0 bridgehead atoms. The maximum absolute atomic E-state index is 11.5. The van der Waals surface area contributed by atoms with Crippen LogP contribution in [0.2, 0.25) is 0 Å². The predicted octanol–water partition coefficient (Wildman–Crippen LogP) is 3.09. The number of imidazole rings is 1. The average molecular weight is 284 g/mol. The van der Waals surface area contributed by atoms with Crippen molar-refractivity contribution >= 4 is 16.9 Å². The first kappa shape index (κ1) is 13.4. The summed E-state index contributed by atoms with van der Waals surface area (Å²) in [6.45, 7) is 4.16. The molecule has 21 heavy (non-hydrogen) atoms. The predicted molar refractivity (Wildman–Crippen MR) is 78.9 cm³/mol. The molecule has 0 aliphatic rings. The van der Waals surface area contributed by atoms with Crippen LogP contribution in [0.4, 0.5) is 0 Å². The summed E-state index contributed by atoms with van der Waals surface area (Å²) in [4.78, 5) is 15.8. The molecule has 3 aromatic rings. The number of nitrogens with zero attached hydrogens (tertiary/aromatic N) is 2. The Labute approximate surface area is 122 Å². The third-order valence-corrected chi connectivity index (χ3v) is 3.54. The fourth-order valence-electron chi connectivity index (χ4n) is 2.40. The van der Waals surface area contributed by atoms with Crippen LogP contribution in [-0.4, -0.2) is 22.6 Å². The third kappa shape index (κ3) is 2.31. The number of aryl methyl sites for hydroxylation is 2. The first-order valence-electron chi connectivity index (χ1n) is 6.68. The Hall–Kier alpha value is -2.56. The van der Waals surface area contributed by atoms with E-state index in [1.54, 1.807) is 17.0 Å². The number of esters is 1. The molecular formula is C16H16N2O3. The van der Waals surface area contributed by atoms with E-state index >= 15 is 0 Å². The molecule has 0 spiro atoms. The van der Waals surface area contributed by atoms with Crippen LogP contribution >= 0.6 is 0 Å². The molecule has 0 amide bonds. The summed E-state index contributed by atoms with van der Waals surface area (Å²) in [5, 5.41) is 1.07. The number of ether oxygens (including phenoxy) is 1. The average Bonchev–Trinajstić information content (AvgIpc) is 3.04. The smallest absolute Gasteiger partial charge is 0.325 e. The van der Waals surface area contributed by atoms with Crippen LogP contribution in [0.15, 0.2) is 35.0 Å². The van der Waals surface area contributed by atoms with Crippen LogP contribution in [0, 0.1) is 13.8 Å². The number of fused-ring (bicyclic) bond motifs is 1. The number of benzene rings is 1. The lowest BCUT2D eigenvalue weighted by Crippen LogP contribution is -2.11. The van der Waals surface area contributed by atoms with Crippen LogP contribution in [-0.2, 0) is 16.1 Å². The number of rotatable bonds is 3. The number of carbonyl (C=O) groups excluding carboxylic acids is 1. The molecule has 0 unspecified atom stereocenters. The first-order chi connectivity index (χ1) is 10.1. The summed E-state index contributed by atoms with van der Waals surface area (Å²) < 4.78 is 12.3. The van der Waals surface area contributed by atoms with Crippen molar-refractivity contribution in [2.45, 2.75) is 20.4 Å². The molecule has 0 saturated heterocycles. The van der Waals surface area contributed by atoms with Gasteiger partial charge in [0, 0.05) is 23.3 Å². The third-order valence-electron chi connectivity index (χ3n) is 3.54. The summed E-state index contributed by atoms with van der Waals surface area (Å²) in [7, 11) is 1.37. The lowest BCUT2D eigenvalue weighted by Gasteiger charge is -2.04. The van der Waals surface area contributed by atoms with Gasteiger partial charge in [-0.2, -0.15) is 0 Å². The Bertz CT molecular complexity index is 814. The zero-order valence-electron chi connectivity index (χ0n) is 12.2. The van der Waals surface area contributed by atoms with Crippen molar-refractivity contribution in [2.24, 2.45) is 0 Å². The van der Waals surface area contributed by atoms with Gasteiger partial charge in [-0.05, 0) is 26.0 Å². The highest BCUT2D eigenvalue weighted by Gasteiger charge is 2.18. The van der Waals surface area contributed by atoms with Gasteiger partial charge in [0.2, 0.25) is 0 Å². The first-order valence-corrected chi connectivity index (χ1v) is 6.68. The fraction of sp³-hybridized carbons (Fsp3) is 0.250. The van der Waals surface area contributed by atoms with Crippen LogP contribution in [0.25, 0.3) is 22.6 Å². The summed E-state index contributed by atoms with van der Waals surface area (Å²) in [6, 6.07) is 6.05. The van der Waals surface area contributed by atoms with E-state index in [1.807, 2.05) is 26.0 Å². The number of furan rings is 1. The van der Waals surface area contributed by atoms with Crippen molar-refractivity contribution in [3.05, 3.63) is 41.7 Å². The summed E-state index contributed by atoms with van der Waals surface area (Å²) in [5.74, 6) is 0.995. The van der Waals surface area contributed by atoms with Crippen molar-refractivity contribution in [2.75, 3.05) is 7.11 Å². The van der Waals surface area contributed by atoms with Gasteiger partial charge >= 0.3 is 5.97 Å². The maximum atomic E-state index is 11.5. The second-order valence-electron chi connectivity index (χ2n) is 5.01. The molecule has 0 N–H and O–H groups in total. The van der Waals surface area contributed by atoms with Crippen LogP contribution in [0.5, 0.6) is 0 Å². The van der Waals surface area contributed by atoms with Gasteiger partial charge < -0.3 is 13.7 Å². The molecule has 0 saturated carbocycles. The minimum absolute atomic E-state index is 0.112. The highest BCUT2D eigenvalue weighted by molar-refractivity contribution is 5.87. The molecule has 5 heteroatoms. The van der Waals surface area contributed by atoms with E-state index in [0.29, 0.717) is 11.6 Å². The molecule has 0 atom stereocenters. The largest absolute Gasteiger partial charge is 0.468 e. The van der Waals surface area contributed by atoms with E-state index in [9.17, 15) is 4.79 Å². The Morgan fingerprint density at radius 2 is 2.19 bits per heavy atom. The van der Waals surface area contributed by atoms with Crippen LogP contribution in [0.3, 0.4) is 0 Å². The quantitative estimate of drug-likeness (QED) is 0.693. The van der Waals surface area contributed by atoms with Gasteiger partial charge in [0.15, 0.2) is 11.6 Å². The number of methoxy groups -OCH3 is 1.